The number of nitrogens with zero attached hydrogens (tertiary/aromatic N) is 3. The van der Waals surface area contributed by atoms with Gasteiger partial charge >= 0.3 is 0 Å². The number of ether oxygens (including phenoxy) is 2. The van der Waals surface area contributed by atoms with Crippen molar-refractivity contribution in [2.24, 2.45) is 5.10 Å². The Kier molecular flexibility index (Phi) is 8.46. The number of hydrazone groups is 1. The predicted molar refractivity (Wildman–Crippen MR) is 134 cm³/mol. The van der Waals surface area contributed by atoms with Gasteiger partial charge in [-0.25, -0.2) is 13.8 Å². The van der Waals surface area contributed by atoms with E-state index in [0.29, 0.717) is 20.6 Å². The van der Waals surface area contributed by atoms with Gasteiger partial charge in [-0.15, -0.1) is 0 Å². The standard InChI is InChI=1S/C23H21ClN4O7S/c1-34-17-11-12-19(21(13-17)35-2)27(36(32,33)22-10-6-5-9-20(22)28(30)31)15-23(29)26-25-14-16-7-3-4-8-18(16)24/h3-14H,15H2,1-2H3,(H,26,29)/b25-14+. The van der Waals surface area contributed by atoms with Crippen LogP contribution < -0.4 is 19.2 Å². The molecular weight excluding hydrogens is 512 g/mol. The highest BCUT2D eigenvalue weighted by Crippen LogP contribution is 2.37. The average molecular weight is 533 g/mol. The Morgan fingerprint density at radius 2 is 1.81 bits per heavy atom. The van der Waals surface area contributed by atoms with E-state index in [9.17, 15) is 23.3 Å². The summed E-state index contributed by atoms with van der Waals surface area (Å²) in [6.45, 7) is -0.767. The van der Waals surface area contributed by atoms with Crippen molar-refractivity contribution in [2.75, 3.05) is 25.1 Å². The molecule has 1 N–H and O–H groups in total. The molecule has 0 spiro atoms. The fourth-order valence-corrected chi connectivity index (χ4v) is 4.93. The first-order valence-corrected chi connectivity index (χ1v) is 12.1. The molecule has 0 fully saturated rings. The number of para-hydroxylation sites is 1. The molecule has 0 atom stereocenters. The molecule has 0 heterocycles. The zero-order valence-electron chi connectivity index (χ0n) is 19.1. The number of hydrogen-bond donors (Lipinski definition) is 1. The van der Waals surface area contributed by atoms with Gasteiger partial charge in [0.2, 0.25) is 0 Å². The average Bonchev–Trinajstić information content (AvgIpc) is 2.88. The van der Waals surface area contributed by atoms with Crippen LogP contribution in [-0.2, 0) is 14.8 Å². The summed E-state index contributed by atoms with van der Waals surface area (Å²) in [4.78, 5) is 22.9. The van der Waals surface area contributed by atoms with Crippen LogP contribution in [0.15, 0.2) is 76.7 Å². The SMILES string of the molecule is COc1ccc(N(CC(=O)N/N=C/c2ccccc2Cl)S(=O)(=O)c2ccccc2[N+](=O)[O-])c(OC)c1. The van der Waals surface area contributed by atoms with Crippen LogP contribution >= 0.6 is 11.6 Å². The molecule has 1 amide bonds. The molecule has 0 saturated heterocycles. The fraction of sp³-hybridized carbons (Fsp3) is 0.130. The number of carbonyl (C=O) groups is 1. The first-order chi connectivity index (χ1) is 17.2. The van der Waals surface area contributed by atoms with Crippen molar-refractivity contribution in [1.82, 2.24) is 5.43 Å². The topological polar surface area (TPSA) is 140 Å². The molecule has 0 aliphatic rings. The molecule has 0 radical (unpaired) electrons. The van der Waals surface area contributed by atoms with Crippen LogP contribution in [-0.4, -0.2) is 46.2 Å². The van der Waals surface area contributed by atoms with Gasteiger partial charge in [0, 0.05) is 22.7 Å². The van der Waals surface area contributed by atoms with Crippen LogP contribution in [0.2, 0.25) is 5.02 Å². The Morgan fingerprint density at radius 1 is 1.11 bits per heavy atom. The summed E-state index contributed by atoms with van der Waals surface area (Å²) in [5.41, 5.74) is 2.09. The van der Waals surface area contributed by atoms with Gasteiger partial charge in [-0.3, -0.25) is 19.2 Å². The molecule has 11 nitrogen and oxygen atoms in total. The third-order valence-electron chi connectivity index (χ3n) is 4.87. The van der Waals surface area contributed by atoms with Gasteiger partial charge in [0.1, 0.15) is 18.0 Å². The Bertz CT molecular complexity index is 1410. The normalized spacial score (nSPS) is 11.2. The summed E-state index contributed by atoms with van der Waals surface area (Å²) in [6.07, 6.45) is 1.30. The van der Waals surface area contributed by atoms with Crippen molar-refractivity contribution in [1.29, 1.82) is 0 Å². The van der Waals surface area contributed by atoms with Gasteiger partial charge in [-0.2, -0.15) is 5.10 Å². The number of amides is 1. The lowest BCUT2D eigenvalue weighted by Gasteiger charge is -2.25. The first kappa shape index (κ1) is 26.4. The minimum atomic E-state index is -4.62. The number of nitro benzene ring substituents is 1. The number of sulfonamides is 1. The van der Waals surface area contributed by atoms with Crippen LogP contribution in [0, 0.1) is 10.1 Å². The van der Waals surface area contributed by atoms with E-state index in [4.69, 9.17) is 21.1 Å². The van der Waals surface area contributed by atoms with E-state index in [1.165, 1.54) is 50.8 Å². The van der Waals surface area contributed by atoms with E-state index < -0.39 is 38.0 Å². The van der Waals surface area contributed by atoms with Crippen molar-refractivity contribution >= 4 is 45.1 Å². The maximum absolute atomic E-state index is 13.7. The molecule has 3 aromatic rings. The summed E-state index contributed by atoms with van der Waals surface area (Å²) < 4.78 is 38.5. The molecule has 3 rings (SSSR count). The molecule has 3 aromatic carbocycles. The molecular formula is C23H21ClN4O7S. The number of anilines is 1. The second kappa shape index (κ2) is 11.5. The fourth-order valence-electron chi connectivity index (χ4n) is 3.15. The highest BCUT2D eigenvalue weighted by Gasteiger charge is 2.34. The summed E-state index contributed by atoms with van der Waals surface area (Å²) >= 11 is 6.06. The quantitative estimate of drug-likeness (QED) is 0.239. The van der Waals surface area contributed by atoms with E-state index in [-0.39, 0.29) is 11.4 Å². The number of carbonyl (C=O) groups excluding carboxylic acids is 1. The van der Waals surface area contributed by atoms with E-state index in [1.807, 2.05) is 0 Å². The van der Waals surface area contributed by atoms with Crippen molar-refractivity contribution < 1.29 is 27.6 Å². The van der Waals surface area contributed by atoms with E-state index >= 15 is 0 Å². The molecule has 0 unspecified atom stereocenters. The van der Waals surface area contributed by atoms with Crippen LogP contribution in [0.4, 0.5) is 11.4 Å². The van der Waals surface area contributed by atoms with Crippen LogP contribution in [0.5, 0.6) is 11.5 Å². The minimum Gasteiger partial charge on any atom is -0.497 e. The highest BCUT2D eigenvalue weighted by atomic mass is 35.5. The molecule has 13 heteroatoms. The van der Waals surface area contributed by atoms with Gasteiger partial charge in [0.15, 0.2) is 4.90 Å². The number of methoxy groups -OCH3 is 2. The second-order valence-corrected chi connectivity index (χ2v) is 9.33. The number of halogens is 1. The monoisotopic (exact) mass is 532 g/mol. The molecule has 0 saturated carbocycles. The molecule has 0 bridgehead atoms. The number of nitrogens with one attached hydrogen (secondary N) is 1. The summed E-state index contributed by atoms with van der Waals surface area (Å²) in [7, 11) is -1.90. The zero-order valence-corrected chi connectivity index (χ0v) is 20.7. The first-order valence-electron chi connectivity index (χ1n) is 10.2. The summed E-state index contributed by atoms with van der Waals surface area (Å²) in [6, 6.07) is 15.9. The predicted octanol–water partition coefficient (Wildman–Crippen LogP) is 3.61. The van der Waals surface area contributed by atoms with Gasteiger partial charge in [-0.1, -0.05) is 41.9 Å². The lowest BCUT2D eigenvalue weighted by molar-refractivity contribution is -0.387. The van der Waals surface area contributed by atoms with E-state index in [1.54, 1.807) is 24.3 Å². The molecule has 0 aromatic heterocycles. The Hall–Kier alpha value is -4.16. The summed E-state index contributed by atoms with van der Waals surface area (Å²) in [5.74, 6) is -0.394. The van der Waals surface area contributed by atoms with E-state index in [2.05, 4.69) is 10.5 Å². The Balaban J connectivity index is 2.02. The van der Waals surface area contributed by atoms with Gasteiger partial charge < -0.3 is 9.47 Å². The maximum Gasteiger partial charge on any atom is 0.289 e. The van der Waals surface area contributed by atoms with Crippen LogP contribution in [0.3, 0.4) is 0 Å². The number of benzene rings is 3. The van der Waals surface area contributed by atoms with Crippen molar-refractivity contribution in [3.05, 3.63) is 87.4 Å². The third kappa shape index (κ3) is 5.90. The second-order valence-electron chi connectivity index (χ2n) is 7.09. The lowest BCUT2D eigenvalue weighted by atomic mass is 10.2. The minimum absolute atomic E-state index is 0.0401. The third-order valence-corrected chi connectivity index (χ3v) is 7.02. The van der Waals surface area contributed by atoms with Gasteiger partial charge in [-0.05, 0) is 24.3 Å². The number of rotatable bonds is 10. The van der Waals surface area contributed by atoms with Crippen molar-refractivity contribution in [2.45, 2.75) is 4.90 Å². The van der Waals surface area contributed by atoms with Crippen LogP contribution in [0.1, 0.15) is 5.56 Å². The number of nitro groups is 1. The molecule has 188 valence electrons. The lowest BCUT2D eigenvalue weighted by Crippen LogP contribution is -2.40. The highest BCUT2D eigenvalue weighted by molar-refractivity contribution is 7.93. The van der Waals surface area contributed by atoms with Crippen molar-refractivity contribution in [3.8, 4) is 11.5 Å². The van der Waals surface area contributed by atoms with Crippen molar-refractivity contribution in [3.63, 3.8) is 0 Å². The zero-order chi connectivity index (χ0) is 26.3. The Morgan fingerprint density at radius 3 is 2.47 bits per heavy atom. The molecule has 0 aliphatic carbocycles. The van der Waals surface area contributed by atoms with Crippen LogP contribution in [0.25, 0.3) is 0 Å². The molecule has 36 heavy (non-hydrogen) atoms. The smallest absolute Gasteiger partial charge is 0.289 e. The van der Waals surface area contributed by atoms with E-state index in [0.717, 1.165) is 12.1 Å². The molecule has 0 aliphatic heterocycles. The maximum atomic E-state index is 13.7. The van der Waals surface area contributed by atoms with Gasteiger partial charge in [0.25, 0.3) is 21.6 Å². The number of hydrogen-bond acceptors (Lipinski definition) is 8. The van der Waals surface area contributed by atoms with Gasteiger partial charge in [0.05, 0.1) is 31.0 Å². The Labute approximate surface area is 212 Å². The summed E-state index contributed by atoms with van der Waals surface area (Å²) in [5, 5.41) is 15.8. The largest absolute Gasteiger partial charge is 0.497 e.